The van der Waals surface area contributed by atoms with E-state index in [0.717, 1.165) is 5.56 Å². The summed E-state index contributed by atoms with van der Waals surface area (Å²) in [5.74, 6) is 0.257. The van der Waals surface area contributed by atoms with Crippen molar-refractivity contribution in [3.05, 3.63) is 69.5 Å². The minimum absolute atomic E-state index is 0.0328. The highest BCUT2D eigenvalue weighted by Crippen LogP contribution is 2.21. The molecule has 158 valence electrons. The largest absolute Gasteiger partial charge is 0.337 e. The van der Waals surface area contributed by atoms with Gasteiger partial charge in [0.25, 0.3) is 5.56 Å². The number of fused-ring (bicyclic) bond motifs is 1. The van der Waals surface area contributed by atoms with E-state index >= 15 is 0 Å². The normalized spacial score (nSPS) is 11.4. The lowest BCUT2D eigenvalue weighted by Crippen LogP contribution is -2.43. The van der Waals surface area contributed by atoms with E-state index in [2.05, 4.69) is 0 Å². The predicted octanol–water partition coefficient (Wildman–Crippen LogP) is 4.84. The highest BCUT2D eigenvalue weighted by atomic mass is 35.5. The Morgan fingerprint density at radius 1 is 1.07 bits per heavy atom. The van der Waals surface area contributed by atoms with Crippen LogP contribution in [0.25, 0.3) is 10.9 Å². The van der Waals surface area contributed by atoms with E-state index in [4.69, 9.17) is 16.6 Å². The molecular weight excluding hydrogens is 418 g/mol. The Labute approximate surface area is 186 Å². The van der Waals surface area contributed by atoms with E-state index in [0.29, 0.717) is 27.6 Å². The number of amides is 1. The van der Waals surface area contributed by atoms with Crippen molar-refractivity contribution < 1.29 is 4.79 Å². The van der Waals surface area contributed by atoms with Gasteiger partial charge < -0.3 is 4.90 Å². The summed E-state index contributed by atoms with van der Waals surface area (Å²) in [5, 5.41) is 1.74. The molecule has 5 nitrogen and oxygen atoms in total. The van der Waals surface area contributed by atoms with Crippen LogP contribution in [0.1, 0.15) is 33.3 Å². The smallest absolute Gasteiger partial charge is 0.262 e. The number of halogens is 1. The number of aromatic nitrogens is 2. The maximum atomic E-state index is 13.2. The first-order valence-corrected chi connectivity index (χ1v) is 11.3. The molecule has 0 saturated carbocycles. The Kier molecular flexibility index (Phi) is 7.21. The molecule has 0 bridgehead atoms. The second kappa shape index (κ2) is 9.67. The van der Waals surface area contributed by atoms with Crippen LogP contribution in [0.3, 0.4) is 0 Å². The fourth-order valence-corrected chi connectivity index (χ4v) is 4.54. The third-order valence-corrected chi connectivity index (χ3v) is 6.02. The molecule has 0 aliphatic rings. The standard InChI is InChI=1S/C23H26ClN3O2S/c1-15(2)27(16(3)4)21(28)14-30-23-25-20-8-6-5-7-19(20)22(29)26(23)13-17-9-11-18(24)12-10-17/h5-12,15-16H,13-14H2,1-4H3. The van der Waals surface area contributed by atoms with E-state index in [9.17, 15) is 9.59 Å². The van der Waals surface area contributed by atoms with Crippen LogP contribution in [0.15, 0.2) is 58.5 Å². The molecule has 2 aromatic carbocycles. The maximum Gasteiger partial charge on any atom is 0.262 e. The van der Waals surface area contributed by atoms with Gasteiger partial charge in [0.05, 0.1) is 23.2 Å². The molecule has 7 heteroatoms. The number of hydrogen-bond donors (Lipinski definition) is 0. The van der Waals surface area contributed by atoms with Crippen LogP contribution >= 0.6 is 23.4 Å². The molecule has 0 saturated heterocycles. The van der Waals surface area contributed by atoms with Crippen LogP contribution < -0.4 is 5.56 Å². The molecule has 3 aromatic rings. The van der Waals surface area contributed by atoms with Crippen LogP contribution in [0.5, 0.6) is 0 Å². The molecule has 1 aromatic heterocycles. The Balaban J connectivity index is 1.96. The first-order valence-electron chi connectivity index (χ1n) is 9.96. The van der Waals surface area contributed by atoms with Crippen molar-refractivity contribution in [2.75, 3.05) is 5.75 Å². The lowest BCUT2D eigenvalue weighted by Gasteiger charge is -2.30. The average Bonchev–Trinajstić information content (AvgIpc) is 2.70. The molecule has 0 N–H and O–H groups in total. The highest BCUT2D eigenvalue weighted by Gasteiger charge is 2.21. The molecular formula is C23H26ClN3O2S. The molecule has 0 aliphatic carbocycles. The van der Waals surface area contributed by atoms with Gasteiger partial charge in [-0.05, 0) is 57.5 Å². The molecule has 3 rings (SSSR count). The summed E-state index contributed by atoms with van der Waals surface area (Å²) < 4.78 is 1.64. The second-order valence-electron chi connectivity index (χ2n) is 7.71. The monoisotopic (exact) mass is 443 g/mol. The quantitative estimate of drug-likeness (QED) is 0.387. The minimum Gasteiger partial charge on any atom is -0.337 e. The fourth-order valence-electron chi connectivity index (χ4n) is 3.54. The fraction of sp³-hybridized carbons (Fsp3) is 0.348. The lowest BCUT2D eigenvalue weighted by atomic mass is 10.2. The van der Waals surface area contributed by atoms with E-state index in [-0.39, 0.29) is 29.3 Å². The van der Waals surface area contributed by atoms with Crippen molar-refractivity contribution in [2.24, 2.45) is 0 Å². The Morgan fingerprint density at radius 3 is 2.33 bits per heavy atom. The van der Waals surface area contributed by atoms with Crippen molar-refractivity contribution in [3.63, 3.8) is 0 Å². The molecule has 0 radical (unpaired) electrons. The average molecular weight is 444 g/mol. The Hall–Kier alpha value is -2.31. The third-order valence-electron chi connectivity index (χ3n) is 4.81. The van der Waals surface area contributed by atoms with E-state index in [1.54, 1.807) is 22.8 Å². The van der Waals surface area contributed by atoms with Gasteiger partial charge in [-0.3, -0.25) is 14.2 Å². The Morgan fingerprint density at radius 2 is 1.70 bits per heavy atom. The summed E-state index contributed by atoms with van der Waals surface area (Å²) in [6.07, 6.45) is 0. The summed E-state index contributed by atoms with van der Waals surface area (Å²) >= 11 is 7.30. The number of thioether (sulfide) groups is 1. The molecule has 0 aliphatic heterocycles. The number of benzene rings is 2. The van der Waals surface area contributed by atoms with Crippen molar-refractivity contribution in [3.8, 4) is 0 Å². The molecule has 0 fully saturated rings. The molecule has 1 amide bonds. The molecule has 0 spiro atoms. The van der Waals surface area contributed by atoms with Crippen LogP contribution in [-0.2, 0) is 11.3 Å². The number of nitrogens with zero attached hydrogens (tertiary/aromatic N) is 3. The summed E-state index contributed by atoms with van der Waals surface area (Å²) in [5.41, 5.74) is 1.46. The van der Waals surface area contributed by atoms with Crippen LogP contribution in [0, 0.1) is 0 Å². The number of hydrogen-bond acceptors (Lipinski definition) is 4. The molecule has 0 atom stereocenters. The van der Waals surface area contributed by atoms with Gasteiger partial charge in [-0.15, -0.1) is 0 Å². The van der Waals surface area contributed by atoms with Gasteiger partial charge in [-0.25, -0.2) is 4.98 Å². The van der Waals surface area contributed by atoms with E-state index in [1.807, 2.05) is 62.9 Å². The maximum absolute atomic E-state index is 13.2. The van der Waals surface area contributed by atoms with Crippen LogP contribution in [0.4, 0.5) is 0 Å². The Bertz CT molecular complexity index is 1090. The predicted molar refractivity (Wildman–Crippen MR) is 124 cm³/mol. The summed E-state index contributed by atoms with van der Waals surface area (Å²) in [6, 6.07) is 14.9. The molecule has 1 heterocycles. The van der Waals surface area contributed by atoms with Crippen molar-refractivity contribution in [1.82, 2.24) is 14.5 Å². The lowest BCUT2D eigenvalue weighted by molar-refractivity contribution is -0.131. The zero-order valence-electron chi connectivity index (χ0n) is 17.6. The first kappa shape index (κ1) is 22.4. The highest BCUT2D eigenvalue weighted by molar-refractivity contribution is 7.99. The van der Waals surface area contributed by atoms with Crippen LogP contribution in [-0.4, -0.2) is 38.2 Å². The van der Waals surface area contributed by atoms with Crippen molar-refractivity contribution in [2.45, 2.75) is 51.5 Å². The topological polar surface area (TPSA) is 55.2 Å². The van der Waals surface area contributed by atoms with Gasteiger partial charge in [0.15, 0.2) is 5.16 Å². The number of para-hydroxylation sites is 1. The van der Waals surface area contributed by atoms with Gasteiger partial charge in [0, 0.05) is 17.1 Å². The van der Waals surface area contributed by atoms with Gasteiger partial charge in [0.2, 0.25) is 5.91 Å². The van der Waals surface area contributed by atoms with Gasteiger partial charge in [0.1, 0.15) is 0 Å². The zero-order chi connectivity index (χ0) is 21.8. The molecule has 30 heavy (non-hydrogen) atoms. The summed E-state index contributed by atoms with van der Waals surface area (Å²) in [6.45, 7) is 8.39. The second-order valence-corrected chi connectivity index (χ2v) is 9.09. The molecule has 0 unspecified atom stereocenters. The third kappa shape index (κ3) is 5.05. The SMILES string of the molecule is CC(C)N(C(=O)CSc1nc2ccccc2c(=O)n1Cc1ccc(Cl)cc1)C(C)C. The van der Waals surface area contributed by atoms with E-state index < -0.39 is 0 Å². The van der Waals surface area contributed by atoms with Gasteiger partial charge in [-0.2, -0.15) is 0 Å². The number of carbonyl (C=O) groups excluding carboxylic acids is 1. The van der Waals surface area contributed by atoms with E-state index in [1.165, 1.54) is 11.8 Å². The van der Waals surface area contributed by atoms with Crippen molar-refractivity contribution in [1.29, 1.82) is 0 Å². The van der Waals surface area contributed by atoms with Gasteiger partial charge >= 0.3 is 0 Å². The number of carbonyl (C=O) groups is 1. The number of rotatable bonds is 7. The minimum atomic E-state index is -0.116. The van der Waals surface area contributed by atoms with Gasteiger partial charge in [-0.1, -0.05) is 47.6 Å². The first-order chi connectivity index (χ1) is 14.3. The summed E-state index contributed by atoms with van der Waals surface area (Å²) in [7, 11) is 0. The van der Waals surface area contributed by atoms with Crippen molar-refractivity contribution >= 4 is 40.2 Å². The van der Waals surface area contributed by atoms with Crippen LogP contribution in [0.2, 0.25) is 5.02 Å². The summed E-state index contributed by atoms with van der Waals surface area (Å²) in [4.78, 5) is 32.6. The zero-order valence-corrected chi connectivity index (χ0v) is 19.2.